The monoisotopic (exact) mass is 350 g/mol. The van der Waals surface area contributed by atoms with Gasteiger partial charge in [0.1, 0.15) is 0 Å². The van der Waals surface area contributed by atoms with Gasteiger partial charge in [0.15, 0.2) is 0 Å². The molecule has 5 heteroatoms. The lowest BCUT2D eigenvalue weighted by Gasteiger charge is -2.12. The van der Waals surface area contributed by atoms with E-state index in [1.165, 1.54) is 17.3 Å². The van der Waals surface area contributed by atoms with E-state index in [1.807, 2.05) is 42.5 Å². The van der Waals surface area contributed by atoms with E-state index in [4.69, 9.17) is 5.73 Å². The predicted octanol–water partition coefficient (Wildman–Crippen LogP) is 3.64. The number of amides is 1. The summed E-state index contributed by atoms with van der Waals surface area (Å²) in [6.45, 7) is 0.718. The lowest BCUT2D eigenvalue weighted by Crippen LogP contribution is -2.13. The van der Waals surface area contributed by atoms with Gasteiger partial charge in [-0.25, -0.2) is 0 Å². The maximum absolute atomic E-state index is 10.9. The largest absolute Gasteiger partial charge is 0.380 e. The van der Waals surface area contributed by atoms with E-state index in [2.05, 4.69) is 27.3 Å². The molecular formula is C15H15BrN2OS. The van der Waals surface area contributed by atoms with Crippen LogP contribution in [0.25, 0.3) is 0 Å². The van der Waals surface area contributed by atoms with Crippen molar-refractivity contribution in [2.45, 2.75) is 11.4 Å². The number of nitrogens with two attached hydrogens (primary N) is 1. The van der Waals surface area contributed by atoms with Gasteiger partial charge < -0.3 is 11.1 Å². The predicted molar refractivity (Wildman–Crippen MR) is 87.8 cm³/mol. The highest BCUT2D eigenvalue weighted by atomic mass is 79.9. The summed E-state index contributed by atoms with van der Waals surface area (Å²) in [5.74, 6) is -0.0242. The quantitative estimate of drug-likeness (QED) is 0.782. The zero-order valence-corrected chi connectivity index (χ0v) is 13.2. The smallest absolute Gasteiger partial charge is 0.227 e. The molecule has 0 saturated heterocycles. The number of para-hydroxylation sites is 1. The molecule has 0 heterocycles. The molecule has 0 fully saturated rings. The molecular weight excluding hydrogens is 336 g/mol. The van der Waals surface area contributed by atoms with Crippen molar-refractivity contribution in [2.75, 3.05) is 11.1 Å². The molecule has 0 saturated carbocycles. The van der Waals surface area contributed by atoms with Gasteiger partial charge in [0.05, 0.1) is 5.75 Å². The van der Waals surface area contributed by atoms with Crippen molar-refractivity contribution < 1.29 is 4.79 Å². The van der Waals surface area contributed by atoms with Crippen molar-refractivity contribution in [3.8, 4) is 0 Å². The molecule has 0 aliphatic carbocycles. The summed E-state index contributed by atoms with van der Waals surface area (Å²) >= 11 is 4.98. The number of anilines is 1. The number of thioether (sulfide) groups is 1. The molecule has 1 amide bonds. The average Bonchev–Trinajstić information content (AvgIpc) is 2.45. The summed E-state index contributed by atoms with van der Waals surface area (Å²) in [5.41, 5.74) is 7.38. The van der Waals surface area contributed by atoms with Crippen molar-refractivity contribution in [1.29, 1.82) is 0 Å². The first-order chi connectivity index (χ1) is 9.66. The highest BCUT2D eigenvalue weighted by molar-refractivity contribution is 9.10. The summed E-state index contributed by atoms with van der Waals surface area (Å²) in [7, 11) is 0. The lowest BCUT2D eigenvalue weighted by atomic mass is 10.2. The summed E-state index contributed by atoms with van der Waals surface area (Å²) in [6, 6.07) is 16.0. The van der Waals surface area contributed by atoms with Crippen LogP contribution >= 0.6 is 27.7 Å². The Morgan fingerprint density at radius 2 is 1.85 bits per heavy atom. The molecule has 104 valence electrons. The normalized spacial score (nSPS) is 10.2. The number of hydrogen-bond donors (Lipinski definition) is 2. The van der Waals surface area contributed by atoms with Gasteiger partial charge >= 0.3 is 0 Å². The van der Waals surface area contributed by atoms with Gasteiger partial charge in [0.25, 0.3) is 0 Å². The number of primary amides is 1. The number of halogens is 1. The van der Waals surface area contributed by atoms with E-state index in [-0.39, 0.29) is 11.7 Å². The molecule has 0 aromatic heterocycles. The molecule has 3 nitrogen and oxygen atoms in total. The van der Waals surface area contributed by atoms with Crippen molar-refractivity contribution >= 4 is 39.3 Å². The molecule has 0 spiro atoms. The standard InChI is InChI=1S/C15H15BrN2OS/c16-12-6-2-1-5-11(12)9-18-13-7-3-4-8-14(13)20-10-15(17)19/h1-8,18H,9-10H2,(H2,17,19). The minimum atomic E-state index is -0.310. The minimum Gasteiger partial charge on any atom is -0.380 e. The molecule has 2 aromatic carbocycles. The number of rotatable bonds is 6. The minimum absolute atomic E-state index is 0.285. The molecule has 2 aromatic rings. The van der Waals surface area contributed by atoms with Crippen LogP contribution in [-0.4, -0.2) is 11.7 Å². The SMILES string of the molecule is NC(=O)CSc1ccccc1NCc1ccccc1Br. The summed E-state index contributed by atoms with van der Waals surface area (Å²) < 4.78 is 1.08. The average molecular weight is 351 g/mol. The Bertz CT molecular complexity index is 604. The van der Waals surface area contributed by atoms with Crippen LogP contribution in [0.2, 0.25) is 0 Å². The van der Waals surface area contributed by atoms with Crippen LogP contribution in [0.5, 0.6) is 0 Å². The van der Waals surface area contributed by atoms with Crippen molar-refractivity contribution in [1.82, 2.24) is 0 Å². The first kappa shape index (κ1) is 14.9. The fourth-order valence-corrected chi connectivity index (χ4v) is 2.91. The molecule has 3 N–H and O–H groups in total. The van der Waals surface area contributed by atoms with E-state index in [0.29, 0.717) is 0 Å². The maximum atomic E-state index is 10.9. The fraction of sp³-hybridized carbons (Fsp3) is 0.133. The maximum Gasteiger partial charge on any atom is 0.227 e. The van der Waals surface area contributed by atoms with Gasteiger partial charge in [0, 0.05) is 21.6 Å². The Morgan fingerprint density at radius 1 is 1.15 bits per heavy atom. The summed E-state index contributed by atoms with van der Waals surface area (Å²) in [4.78, 5) is 11.9. The van der Waals surface area contributed by atoms with Gasteiger partial charge in [-0.2, -0.15) is 0 Å². The Balaban J connectivity index is 2.06. The fourth-order valence-electron chi connectivity index (χ4n) is 1.72. The molecule has 0 aliphatic rings. The third-order valence-electron chi connectivity index (χ3n) is 2.68. The summed E-state index contributed by atoms with van der Waals surface area (Å²) in [5, 5.41) is 3.39. The Kier molecular flexibility index (Phi) is 5.49. The Labute approximate surface area is 131 Å². The Morgan fingerprint density at radius 3 is 2.60 bits per heavy atom. The van der Waals surface area contributed by atoms with Crippen molar-refractivity contribution in [3.63, 3.8) is 0 Å². The second-order valence-corrected chi connectivity index (χ2v) is 6.07. The van der Waals surface area contributed by atoms with E-state index >= 15 is 0 Å². The van der Waals surface area contributed by atoms with Crippen molar-refractivity contribution in [2.24, 2.45) is 5.73 Å². The van der Waals surface area contributed by atoms with Crippen LogP contribution in [0, 0.1) is 0 Å². The number of carbonyl (C=O) groups excluding carboxylic acids is 1. The number of nitrogens with one attached hydrogen (secondary N) is 1. The van der Waals surface area contributed by atoms with Gasteiger partial charge in [-0.3, -0.25) is 4.79 Å². The molecule has 0 atom stereocenters. The van der Waals surface area contributed by atoms with E-state index in [0.717, 1.165) is 21.6 Å². The van der Waals surface area contributed by atoms with E-state index in [9.17, 15) is 4.79 Å². The molecule has 2 rings (SSSR count). The summed E-state index contributed by atoms with van der Waals surface area (Å²) in [6.07, 6.45) is 0. The van der Waals surface area contributed by atoms with Crippen molar-refractivity contribution in [3.05, 3.63) is 58.6 Å². The molecule has 20 heavy (non-hydrogen) atoms. The second-order valence-electron chi connectivity index (χ2n) is 4.20. The van der Waals surface area contributed by atoms with Crippen LogP contribution in [0.3, 0.4) is 0 Å². The lowest BCUT2D eigenvalue weighted by molar-refractivity contribution is -0.115. The zero-order chi connectivity index (χ0) is 14.4. The van der Waals surface area contributed by atoms with E-state index < -0.39 is 0 Å². The Hall–Kier alpha value is -1.46. The van der Waals surface area contributed by atoms with E-state index in [1.54, 1.807) is 0 Å². The topological polar surface area (TPSA) is 55.1 Å². The first-order valence-corrected chi connectivity index (χ1v) is 7.92. The third-order valence-corrected chi connectivity index (χ3v) is 4.55. The van der Waals surface area contributed by atoms with Crippen LogP contribution in [0.15, 0.2) is 57.9 Å². The van der Waals surface area contributed by atoms with Crippen LogP contribution in [-0.2, 0) is 11.3 Å². The number of carbonyl (C=O) groups is 1. The first-order valence-electron chi connectivity index (χ1n) is 6.14. The highest BCUT2D eigenvalue weighted by Crippen LogP contribution is 2.27. The van der Waals surface area contributed by atoms with Gasteiger partial charge in [-0.05, 0) is 23.8 Å². The van der Waals surface area contributed by atoms with Gasteiger partial charge in [-0.15, -0.1) is 11.8 Å². The molecule has 0 radical (unpaired) electrons. The van der Waals surface area contributed by atoms with Crippen LogP contribution < -0.4 is 11.1 Å². The number of benzene rings is 2. The third kappa shape index (κ3) is 4.28. The van der Waals surface area contributed by atoms with Crippen LogP contribution in [0.4, 0.5) is 5.69 Å². The molecule has 0 unspecified atom stereocenters. The number of hydrogen-bond acceptors (Lipinski definition) is 3. The van der Waals surface area contributed by atoms with Crippen LogP contribution in [0.1, 0.15) is 5.56 Å². The zero-order valence-electron chi connectivity index (χ0n) is 10.8. The van der Waals surface area contributed by atoms with Gasteiger partial charge in [0.2, 0.25) is 5.91 Å². The second kappa shape index (κ2) is 7.36. The highest BCUT2D eigenvalue weighted by Gasteiger charge is 2.05. The molecule has 0 aliphatic heterocycles. The molecule has 0 bridgehead atoms. The van der Waals surface area contributed by atoms with Gasteiger partial charge in [-0.1, -0.05) is 46.3 Å².